The molecule has 3 aliphatic rings. The van der Waals surface area contributed by atoms with Crippen molar-refractivity contribution < 1.29 is 13.5 Å². The van der Waals surface area contributed by atoms with E-state index in [9.17, 15) is 8.78 Å². The van der Waals surface area contributed by atoms with Crippen molar-refractivity contribution in [3.8, 4) is 5.75 Å². The zero-order valence-corrected chi connectivity index (χ0v) is 18.0. The molecule has 0 amide bonds. The Morgan fingerprint density at radius 1 is 1.10 bits per heavy atom. The molecule has 1 aliphatic heterocycles. The highest BCUT2D eigenvalue weighted by Gasteiger charge is 2.38. The number of likely N-dealkylation sites (tertiary alicyclic amines) is 1. The lowest BCUT2D eigenvalue weighted by Gasteiger charge is -2.44. The second-order valence-corrected chi connectivity index (χ2v) is 9.28. The number of benzene rings is 1. The first-order valence-corrected chi connectivity index (χ1v) is 11.6. The zero-order chi connectivity index (χ0) is 20.4. The van der Waals surface area contributed by atoms with Gasteiger partial charge in [0.05, 0.1) is 0 Å². The molecule has 1 saturated heterocycles. The molecule has 2 saturated carbocycles. The van der Waals surface area contributed by atoms with Crippen molar-refractivity contribution in [1.29, 1.82) is 0 Å². The maximum Gasteiger partial charge on any atom is 0.248 e. The summed E-state index contributed by atoms with van der Waals surface area (Å²) in [5.41, 5.74) is 2.34. The van der Waals surface area contributed by atoms with E-state index >= 15 is 0 Å². The molecule has 162 valence electrons. The van der Waals surface area contributed by atoms with Crippen LogP contribution in [0.1, 0.15) is 70.3 Å². The SMILES string of the molecule is CCN(c1cc(OC2CC(N3CCCCC3)C2)ccc1C)C1CCC(F)(F)CC1. The number of rotatable bonds is 6. The van der Waals surface area contributed by atoms with Gasteiger partial charge in [-0.05, 0) is 64.3 Å². The number of hydrogen-bond acceptors (Lipinski definition) is 3. The third-order valence-electron chi connectivity index (χ3n) is 7.24. The summed E-state index contributed by atoms with van der Waals surface area (Å²) >= 11 is 0. The summed E-state index contributed by atoms with van der Waals surface area (Å²) in [4.78, 5) is 4.95. The lowest BCUT2D eigenvalue weighted by atomic mass is 9.86. The number of ether oxygens (including phenoxy) is 1. The lowest BCUT2D eigenvalue weighted by Crippen LogP contribution is -2.50. The molecule has 0 atom stereocenters. The van der Waals surface area contributed by atoms with Crippen molar-refractivity contribution >= 4 is 5.69 Å². The summed E-state index contributed by atoms with van der Waals surface area (Å²) in [6.45, 7) is 7.56. The number of aryl methyl sites for hydroxylation is 1. The summed E-state index contributed by atoms with van der Waals surface area (Å²) in [7, 11) is 0. The molecular weight excluding hydrogens is 370 g/mol. The van der Waals surface area contributed by atoms with Gasteiger partial charge in [-0.1, -0.05) is 12.5 Å². The monoisotopic (exact) mass is 406 g/mol. The number of alkyl halides is 2. The Labute approximate surface area is 174 Å². The summed E-state index contributed by atoms with van der Waals surface area (Å²) in [6.07, 6.45) is 7.73. The van der Waals surface area contributed by atoms with Crippen molar-refractivity contribution in [2.45, 2.75) is 95.7 Å². The molecule has 1 aromatic carbocycles. The van der Waals surface area contributed by atoms with E-state index in [1.54, 1.807) is 0 Å². The Bertz CT molecular complexity index is 673. The number of hydrogen-bond donors (Lipinski definition) is 0. The molecular formula is C24H36F2N2O. The molecule has 3 nitrogen and oxygen atoms in total. The van der Waals surface area contributed by atoms with Crippen LogP contribution >= 0.6 is 0 Å². The van der Waals surface area contributed by atoms with Gasteiger partial charge in [0.2, 0.25) is 5.92 Å². The molecule has 1 heterocycles. The first kappa shape index (κ1) is 20.9. The zero-order valence-electron chi connectivity index (χ0n) is 18.0. The summed E-state index contributed by atoms with van der Waals surface area (Å²) in [5, 5.41) is 0. The van der Waals surface area contributed by atoms with Gasteiger partial charge in [0.1, 0.15) is 11.9 Å². The standard InChI is InChI=1S/C24H36F2N2O/c1-3-28(19-9-11-24(25,26)12-10-19)23-17-21(8-7-18(23)2)29-22-15-20(16-22)27-13-5-4-6-14-27/h7-8,17,19-20,22H,3-6,9-16H2,1-2H3. The third-order valence-corrected chi connectivity index (χ3v) is 7.24. The molecule has 0 aromatic heterocycles. The minimum absolute atomic E-state index is 0.00334. The predicted molar refractivity (Wildman–Crippen MR) is 114 cm³/mol. The Hall–Kier alpha value is -1.36. The van der Waals surface area contributed by atoms with Gasteiger partial charge in [-0.2, -0.15) is 0 Å². The van der Waals surface area contributed by atoms with E-state index in [0.29, 0.717) is 25.0 Å². The quantitative estimate of drug-likeness (QED) is 0.594. The molecule has 29 heavy (non-hydrogen) atoms. The second kappa shape index (κ2) is 8.79. The van der Waals surface area contributed by atoms with Crippen LogP contribution in [-0.2, 0) is 0 Å². The van der Waals surface area contributed by atoms with Gasteiger partial charge in [0.25, 0.3) is 0 Å². The highest BCUT2D eigenvalue weighted by molar-refractivity contribution is 5.57. The third kappa shape index (κ3) is 4.87. The summed E-state index contributed by atoms with van der Waals surface area (Å²) in [5.74, 6) is -1.56. The smallest absolute Gasteiger partial charge is 0.248 e. The van der Waals surface area contributed by atoms with E-state index in [1.807, 2.05) is 0 Å². The Balaban J connectivity index is 1.37. The molecule has 0 radical (unpaired) electrons. The van der Waals surface area contributed by atoms with Gasteiger partial charge in [0.15, 0.2) is 0 Å². The summed E-state index contributed by atoms with van der Waals surface area (Å²) < 4.78 is 33.5. The molecule has 5 heteroatoms. The van der Waals surface area contributed by atoms with Crippen LogP contribution in [0.4, 0.5) is 14.5 Å². The molecule has 0 spiro atoms. The van der Waals surface area contributed by atoms with Crippen LogP contribution in [0.5, 0.6) is 5.75 Å². The van der Waals surface area contributed by atoms with E-state index < -0.39 is 5.92 Å². The number of piperidine rings is 1. The Morgan fingerprint density at radius 3 is 2.45 bits per heavy atom. The maximum atomic E-state index is 13.6. The predicted octanol–water partition coefficient (Wildman–Crippen LogP) is 5.79. The van der Waals surface area contributed by atoms with E-state index in [-0.39, 0.29) is 18.9 Å². The minimum atomic E-state index is -2.48. The lowest BCUT2D eigenvalue weighted by molar-refractivity contribution is -0.0380. The van der Waals surface area contributed by atoms with E-state index in [4.69, 9.17) is 4.74 Å². The van der Waals surface area contributed by atoms with E-state index in [1.165, 1.54) is 37.9 Å². The van der Waals surface area contributed by atoms with Gasteiger partial charge in [-0.15, -0.1) is 0 Å². The Kier molecular flexibility index (Phi) is 6.33. The summed E-state index contributed by atoms with van der Waals surface area (Å²) in [6, 6.07) is 7.21. The van der Waals surface area contributed by atoms with Crippen molar-refractivity contribution in [3.63, 3.8) is 0 Å². The van der Waals surface area contributed by atoms with Gasteiger partial charge in [-0.3, -0.25) is 0 Å². The normalized spacial score (nSPS) is 28.0. The average Bonchev–Trinajstić information content (AvgIpc) is 2.69. The first-order chi connectivity index (χ1) is 13.9. The molecule has 2 aliphatic carbocycles. The van der Waals surface area contributed by atoms with Crippen LogP contribution in [0, 0.1) is 6.92 Å². The van der Waals surface area contributed by atoms with Gasteiger partial charge in [-0.25, -0.2) is 8.78 Å². The topological polar surface area (TPSA) is 15.7 Å². The number of halogens is 2. The molecule has 1 aromatic rings. The number of nitrogens with zero attached hydrogens (tertiary/aromatic N) is 2. The van der Waals surface area contributed by atoms with E-state index in [2.05, 4.69) is 41.8 Å². The van der Waals surface area contributed by atoms with Crippen molar-refractivity contribution in [3.05, 3.63) is 23.8 Å². The van der Waals surface area contributed by atoms with Crippen molar-refractivity contribution in [2.75, 3.05) is 24.5 Å². The van der Waals surface area contributed by atoms with Gasteiger partial charge in [0, 0.05) is 56.1 Å². The van der Waals surface area contributed by atoms with Crippen LogP contribution in [0.2, 0.25) is 0 Å². The van der Waals surface area contributed by atoms with Crippen LogP contribution in [0.25, 0.3) is 0 Å². The van der Waals surface area contributed by atoms with E-state index in [0.717, 1.165) is 30.8 Å². The van der Waals surface area contributed by atoms with Crippen LogP contribution < -0.4 is 9.64 Å². The van der Waals surface area contributed by atoms with Crippen molar-refractivity contribution in [2.24, 2.45) is 0 Å². The fourth-order valence-electron chi connectivity index (χ4n) is 5.34. The average molecular weight is 407 g/mol. The molecule has 0 bridgehead atoms. The number of anilines is 1. The van der Waals surface area contributed by atoms with Crippen LogP contribution in [0.3, 0.4) is 0 Å². The minimum Gasteiger partial charge on any atom is -0.490 e. The molecule has 0 unspecified atom stereocenters. The fraction of sp³-hybridized carbons (Fsp3) is 0.750. The highest BCUT2D eigenvalue weighted by atomic mass is 19.3. The maximum absolute atomic E-state index is 13.6. The first-order valence-electron chi connectivity index (χ1n) is 11.6. The largest absolute Gasteiger partial charge is 0.490 e. The molecule has 0 N–H and O–H groups in total. The second-order valence-electron chi connectivity index (χ2n) is 9.28. The van der Waals surface area contributed by atoms with Gasteiger partial charge < -0.3 is 14.5 Å². The van der Waals surface area contributed by atoms with Crippen molar-refractivity contribution in [1.82, 2.24) is 4.90 Å². The van der Waals surface area contributed by atoms with Gasteiger partial charge >= 0.3 is 0 Å². The van der Waals surface area contributed by atoms with Crippen LogP contribution in [0.15, 0.2) is 18.2 Å². The van der Waals surface area contributed by atoms with Crippen LogP contribution in [-0.4, -0.2) is 48.6 Å². The fourth-order valence-corrected chi connectivity index (χ4v) is 5.34. The highest BCUT2D eigenvalue weighted by Crippen LogP contribution is 2.39. The molecule has 3 fully saturated rings. The molecule has 4 rings (SSSR count). The Morgan fingerprint density at radius 2 is 1.79 bits per heavy atom.